The van der Waals surface area contributed by atoms with Crippen molar-refractivity contribution in [3.05, 3.63) is 48.0 Å². The van der Waals surface area contributed by atoms with Gasteiger partial charge in [0, 0.05) is 18.8 Å². The average Bonchev–Trinajstić information content (AvgIpc) is 2.98. The minimum absolute atomic E-state index is 0.00147. The van der Waals surface area contributed by atoms with Crippen molar-refractivity contribution in [2.75, 3.05) is 0 Å². The zero-order valence-electron chi connectivity index (χ0n) is 18.5. The number of hydrogen-bond acceptors (Lipinski definition) is 3. The molecule has 1 aliphatic carbocycles. The molecule has 1 fully saturated rings. The average molecular weight is 417 g/mol. The Morgan fingerprint density at radius 1 is 1.17 bits per heavy atom. The molecule has 0 amide bonds. The second kappa shape index (κ2) is 9.85. The fourth-order valence-electron chi connectivity index (χ4n) is 3.72. The summed E-state index contributed by atoms with van der Waals surface area (Å²) in [7, 11) is -1.96. The van der Waals surface area contributed by atoms with E-state index < -0.39 is 14.3 Å². The summed E-state index contributed by atoms with van der Waals surface area (Å²) in [6.45, 7) is 11.1. The first-order valence-corrected chi connectivity index (χ1v) is 13.5. The quantitative estimate of drug-likeness (QED) is 0.418. The molecule has 0 aromatic heterocycles. The number of aliphatic carboxylic acids is 1. The number of hydrogen-bond donors (Lipinski definition) is 1. The van der Waals surface area contributed by atoms with Gasteiger partial charge in [0.05, 0.1) is 6.10 Å². The number of aryl methyl sites for hydroxylation is 1. The van der Waals surface area contributed by atoms with Crippen LogP contribution in [0.1, 0.15) is 52.0 Å². The van der Waals surface area contributed by atoms with Crippen molar-refractivity contribution < 1.29 is 19.1 Å². The van der Waals surface area contributed by atoms with E-state index in [0.717, 1.165) is 24.8 Å². The van der Waals surface area contributed by atoms with E-state index in [9.17, 15) is 14.7 Å². The van der Waals surface area contributed by atoms with Crippen molar-refractivity contribution in [3.63, 3.8) is 0 Å². The Kier molecular flexibility index (Phi) is 8.00. The predicted molar refractivity (Wildman–Crippen MR) is 119 cm³/mol. The van der Waals surface area contributed by atoms with E-state index in [1.54, 1.807) is 6.08 Å². The molecular formula is C24H36O4Si. The number of benzene rings is 1. The van der Waals surface area contributed by atoms with Crippen molar-refractivity contribution in [1.82, 2.24) is 0 Å². The van der Waals surface area contributed by atoms with Gasteiger partial charge in [-0.05, 0) is 55.0 Å². The van der Waals surface area contributed by atoms with E-state index in [1.165, 1.54) is 0 Å². The molecule has 2 rings (SSSR count). The first-order valence-electron chi connectivity index (χ1n) is 10.6. The third-order valence-corrected chi connectivity index (χ3v) is 11.0. The Balaban J connectivity index is 2.06. The van der Waals surface area contributed by atoms with Crippen LogP contribution in [0, 0.1) is 11.8 Å². The molecule has 0 spiro atoms. The van der Waals surface area contributed by atoms with Crippen LogP contribution >= 0.6 is 0 Å². The normalized spacial score (nSPS) is 22.9. The summed E-state index contributed by atoms with van der Waals surface area (Å²) < 4.78 is 6.63. The van der Waals surface area contributed by atoms with Crippen LogP contribution in [-0.2, 0) is 20.4 Å². The Bertz CT molecular complexity index is 718. The van der Waals surface area contributed by atoms with Gasteiger partial charge in [0.15, 0.2) is 14.1 Å². The molecule has 1 aromatic carbocycles. The topological polar surface area (TPSA) is 63.6 Å². The van der Waals surface area contributed by atoms with Crippen LogP contribution in [0.2, 0.25) is 18.1 Å². The van der Waals surface area contributed by atoms with Crippen molar-refractivity contribution >= 4 is 20.1 Å². The maximum atomic E-state index is 12.4. The monoisotopic (exact) mass is 416 g/mol. The molecule has 1 aliphatic rings. The Morgan fingerprint density at radius 2 is 1.83 bits per heavy atom. The van der Waals surface area contributed by atoms with Crippen LogP contribution in [0.15, 0.2) is 42.5 Å². The third kappa shape index (κ3) is 6.93. The summed E-state index contributed by atoms with van der Waals surface area (Å²) in [4.78, 5) is 23.7. The summed E-state index contributed by atoms with van der Waals surface area (Å²) in [5, 5.41) is 9.40. The van der Waals surface area contributed by atoms with E-state index in [2.05, 4.69) is 33.9 Å². The molecule has 0 heterocycles. The zero-order chi connectivity index (χ0) is 21.7. The van der Waals surface area contributed by atoms with Crippen LogP contribution < -0.4 is 0 Å². The smallest absolute Gasteiger partial charge is 0.303 e. The van der Waals surface area contributed by atoms with E-state index in [1.807, 2.05) is 36.4 Å². The van der Waals surface area contributed by atoms with E-state index in [0.29, 0.717) is 6.42 Å². The highest BCUT2D eigenvalue weighted by Gasteiger charge is 2.44. The predicted octanol–water partition coefficient (Wildman–Crippen LogP) is 5.64. The molecule has 5 heteroatoms. The number of carbonyl (C=O) groups is 2. The van der Waals surface area contributed by atoms with Crippen LogP contribution in [-0.4, -0.2) is 31.3 Å². The van der Waals surface area contributed by atoms with Crippen LogP contribution in [0.3, 0.4) is 0 Å². The highest BCUT2D eigenvalue weighted by molar-refractivity contribution is 6.74. The lowest BCUT2D eigenvalue weighted by atomic mass is 9.91. The standard InChI is InChI=1S/C24H36O4Si/c1-24(2,3)29(4,5)28-22-16-12-19(17-23(26)27)21(22)15-14-20(25)13-11-18-9-7-6-8-10-18/h6-10,14-15,19,21-22H,11-13,16-17H2,1-5H3,(H,26,27)/b15-14+/t19-,21-,22-/m1/s1. The summed E-state index contributed by atoms with van der Waals surface area (Å²) >= 11 is 0. The maximum absolute atomic E-state index is 12.4. The fraction of sp³-hybridized carbons (Fsp3) is 0.583. The maximum Gasteiger partial charge on any atom is 0.303 e. The van der Waals surface area contributed by atoms with Crippen LogP contribution in [0.4, 0.5) is 0 Å². The SMILES string of the molecule is CC(C)(C)[Si](C)(C)O[C@@H]1CC[C@H](CC(=O)O)[C@H]1/C=C/C(=O)CCc1ccccc1. The van der Waals surface area contributed by atoms with E-state index in [-0.39, 0.29) is 35.2 Å². The summed E-state index contributed by atoms with van der Waals surface area (Å²) in [6, 6.07) is 9.98. The minimum Gasteiger partial charge on any atom is -0.481 e. The number of ketones is 1. The van der Waals surface area contributed by atoms with Gasteiger partial charge in [-0.25, -0.2) is 0 Å². The van der Waals surface area contributed by atoms with Crippen molar-refractivity contribution in [1.29, 1.82) is 0 Å². The van der Waals surface area contributed by atoms with Gasteiger partial charge in [-0.2, -0.15) is 0 Å². The van der Waals surface area contributed by atoms with E-state index >= 15 is 0 Å². The van der Waals surface area contributed by atoms with Gasteiger partial charge < -0.3 is 9.53 Å². The van der Waals surface area contributed by atoms with Gasteiger partial charge in [-0.3, -0.25) is 9.59 Å². The van der Waals surface area contributed by atoms with Gasteiger partial charge in [-0.1, -0.05) is 57.2 Å². The second-order valence-electron chi connectivity index (χ2n) is 9.74. The Hall–Kier alpha value is -1.72. The molecule has 0 unspecified atom stereocenters. The molecule has 29 heavy (non-hydrogen) atoms. The van der Waals surface area contributed by atoms with Crippen molar-refractivity contribution in [3.8, 4) is 0 Å². The Morgan fingerprint density at radius 3 is 2.41 bits per heavy atom. The molecule has 3 atom stereocenters. The highest BCUT2D eigenvalue weighted by Crippen LogP contribution is 2.43. The zero-order valence-corrected chi connectivity index (χ0v) is 19.5. The largest absolute Gasteiger partial charge is 0.481 e. The summed E-state index contributed by atoms with van der Waals surface area (Å²) in [6.07, 6.45) is 6.60. The first kappa shape index (κ1) is 23.6. The highest BCUT2D eigenvalue weighted by atomic mass is 28.4. The van der Waals surface area contributed by atoms with Crippen molar-refractivity contribution in [2.45, 2.75) is 77.1 Å². The number of carbonyl (C=O) groups excluding carboxylic acids is 1. The Labute approximate surface area is 176 Å². The molecule has 160 valence electrons. The molecule has 1 saturated carbocycles. The molecule has 0 saturated heterocycles. The molecule has 0 aliphatic heterocycles. The number of rotatable bonds is 9. The number of allylic oxidation sites excluding steroid dienone is 1. The first-order chi connectivity index (χ1) is 13.5. The van der Waals surface area contributed by atoms with Gasteiger partial charge in [0.25, 0.3) is 0 Å². The van der Waals surface area contributed by atoms with Gasteiger partial charge in [0.2, 0.25) is 0 Å². The van der Waals surface area contributed by atoms with Gasteiger partial charge >= 0.3 is 5.97 Å². The minimum atomic E-state index is -1.96. The molecule has 1 aromatic rings. The third-order valence-electron chi connectivity index (χ3n) is 6.49. The van der Waals surface area contributed by atoms with Gasteiger partial charge in [-0.15, -0.1) is 0 Å². The summed E-state index contributed by atoms with van der Waals surface area (Å²) in [5.74, 6) is -0.681. The van der Waals surface area contributed by atoms with Crippen LogP contribution in [0.25, 0.3) is 0 Å². The lowest BCUT2D eigenvalue weighted by Gasteiger charge is -2.40. The van der Waals surface area contributed by atoms with Crippen molar-refractivity contribution in [2.24, 2.45) is 11.8 Å². The second-order valence-corrected chi connectivity index (χ2v) is 14.5. The fourth-order valence-corrected chi connectivity index (χ4v) is 5.10. The van der Waals surface area contributed by atoms with E-state index in [4.69, 9.17) is 4.43 Å². The lowest BCUT2D eigenvalue weighted by molar-refractivity contribution is -0.138. The summed E-state index contributed by atoms with van der Waals surface area (Å²) in [5.41, 5.74) is 1.15. The molecule has 1 N–H and O–H groups in total. The number of carboxylic acids is 1. The number of carboxylic acid groups (broad SMARTS) is 1. The molecular weight excluding hydrogens is 380 g/mol. The molecule has 4 nitrogen and oxygen atoms in total. The molecule has 0 radical (unpaired) electrons. The van der Waals surface area contributed by atoms with Crippen LogP contribution in [0.5, 0.6) is 0 Å². The lowest BCUT2D eigenvalue weighted by Crippen LogP contribution is -2.45. The molecule has 0 bridgehead atoms. The van der Waals surface area contributed by atoms with Gasteiger partial charge in [0.1, 0.15) is 0 Å².